The zero-order valence-electron chi connectivity index (χ0n) is 11.3. The lowest BCUT2D eigenvalue weighted by Crippen LogP contribution is -2.42. The summed E-state index contributed by atoms with van der Waals surface area (Å²) in [6.45, 7) is 0.701. The fourth-order valence-electron chi connectivity index (χ4n) is 3.05. The van der Waals surface area contributed by atoms with Crippen molar-refractivity contribution in [2.75, 3.05) is 12.3 Å². The molecule has 0 radical (unpaired) electrons. The fourth-order valence-corrected chi connectivity index (χ4v) is 4.29. The van der Waals surface area contributed by atoms with Gasteiger partial charge in [0.25, 0.3) is 0 Å². The van der Waals surface area contributed by atoms with Gasteiger partial charge in [-0.25, -0.2) is 0 Å². The van der Waals surface area contributed by atoms with E-state index in [-0.39, 0.29) is 11.8 Å². The first-order valence-corrected chi connectivity index (χ1v) is 8.35. The van der Waals surface area contributed by atoms with Crippen LogP contribution < -0.4 is 5.32 Å². The molecule has 19 heavy (non-hydrogen) atoms. The maximum atomic E-state index is 12.2. The molecule has 108 valence electrons. The van der Waals surface area contributed by atoms with Crippen LogP contribution in [0.4, 0.5) is 0 Å². The van der Waals surface area contributed by atoms with Crippen LogP contribution in [0, 0.1) is 11.8 Å². The Morgan fingerprint density at radius 3 is 2.37 bits per heavy atom. The Hall–Kier alpha value is -0.710. The Balaban J connectivity index is 1.81. The smallest absolute Gasteiger partial charge is 0.307 e. The summed E-state index contributed by atoms with van der Waals surface area (Å²) >= 11 is 1.93. The van der Waals surface area contributed by atoms with Gasteiger partial charge in [0.15, 0.2) is 0 Å². The van der Waals surface area contributed by atoms with E-state index in [1.807, 2.05) is 11.8 Å². The lowest BCUT2D eigenvalue weighted by atomic mass is 9.78. The molecule has 1 saturated heterocycles. The van der Waals surface area contributed by atoms with E-state index in [4.69, 9.17) is 0 Å². The molecule has 0 aromatic carbocycles. The molecule has 0 aromatic rings. The van der Waals surface area contributed by atoms with Gasteiger partial charge in [-0.15, -0.1) is 0 Å². The molecule has 1 saturated carbocycles. The van der Waals surface area contributed by atoms with Crippen LogP contribution in [0.5, 0.6) is 0 Å². The van der Waals surface area contributed by atoms with Crippen molar-refractivity contribution in [3.8, 4) is 0 Å². The third kappa shape index (κ3) is 4.13. The highest BCUT2D eigenvalue weighted by atomic mass is 32.2. The lowest BCUT2D eigenvalue weighted by molar-refractivity contribution is -0.148. The monoisotopic (exact) mass is 285 g/mol. The quantitative estimate of drug-likeness (QED) is 0.831. The highest BCUT2D eigenvalue weighted by Gasteiger charge is 2.35. The van der Waals surface area contributed by atoms with E-state index in [0.29, 0.717) is 18.2 Å². The van der Waals surface area contributed by atoms with Gasteiger partial charge in [0.2, 0.25) is 5.91 Å². The second-order valence-electron chi connectivity index (χ2n) is 5.57. The van der Waals surface area contributed by atoms with Crippen molar-refractivity contribution >= 4 is 23.6 Å². The number of carbonyl (C=O) groups excluding carboxylic acids is 1. The number of thioether (sulfide) groups is 1. The number of amides is 1. The molecule has 1 aliphatic carbocycles. The predicted molar refractivity (Wildman–Crippen MR) is 76.2 cm³/mol. The molecule has 1 unspecified atom stereocenters. The largest absolute Gasteiger partial charge is 0.481 e. The summed E-state index contributed by atoms with van der Waals surface area (Å²) in [5.74, 6) is -0.473. The molecule has 1 amide bonds. The summed E-state index contributed by atoms with van der Waals surface area (Å²) in [6.07, 6.45) is 6.96. The summed E-state index contributed by atoms with van der Waals surface area (Å²) in [5.41, 5.74) is 0. The number of hydrogen-bond acceptors (Lipinski definition) is 3. The molecule has 5 heteroatoms. The van der Waals surface area contributed by atoms with Crippen molar-refractivity contribution in [1.82, 2.24) is 5.32 Å². The van der Waals surface area contributed by atoms with Crippen LogP contribution in [-0.4, -0.2) is 34.5 Å². The van der Waals surface area contributed by atoms with Gasteiger partial charge in [0.1, 0.15) is 0 Å². The second-order valence-corrected chi connectivity index (χ2v) is 6.98. The molecule has 1 heterocycles. The summed E-state index contributed by atoms with van der Waals surface area (Å²) in [7, 11) is 0. The first-order valence-electron chi connectivity index (χ1n) is 7.30. The number of carboxylic acids is 1. The van der Waals surface area contributed by atoms with Crippen molar-refractivity contribution in [2.24, 2.45) is 11.8 Å². The molecule has 2 rings (SSSR count). The van der Waals surface area contributed by atoms with E-state index in [1.54, 1.807) is 0 Å². The fraction of sp³-hybridized carbons (Fsp3) is 0.857. The molecule has 0 spiro atoms. The van der Waals surface area contributed by atoms with Gasteiger partial charge in [0.05, 0.1) is 11.8 Å². The van der Waals surface area contributed by atoms with Crippen molar-refractivity contribution in [3.05, 3.63) is 0 Å². The van der Waals surface area contributed by atoms with Crippen molar-refractivity contribution in [3.63, 3.8) is 0 Å². The standard InChI is InChI=1S/C14H23NO3S/c16-13(15-9-10-5-3-4-8-19-10)11-6-1-2-7-12(11)14(17)18/h10-12H,1-9H2,(H,15,16)(H,17,18)/t10?,11-,12+/m1/s1. The van der Waals surface area contributed by atoms with Crippen LogP contribution in [0.2, 0.25) is 0 Å². The van der Waals surface area contributed by atoms with Gasteiger partial charge in [-0.2, -0.15) is 11.8 Å². The number of carboxylic acid groups (broad SMARTS) is 1. The van der Waals surface area contributed by atoms with Crippen molar-refractivity contribution in [1.29, 1.82) is 0 Å². The van der Waals surface area contributed by atoms with E-state index in [2.05, 4.69) is 5.32 Å². The molecule has 2 aliphatic rings. The van der Waals surface area contributed by atoms with Crippen LogP contribution in [0.15, 0.2) is 0 Å². The minimum Gasteiger partial charge on any atom is -0.481 e. The molecule has 0 bridgehead atoms. The second kappa shape index (κ2) is 7.17. The molecule has 1 aliphatic heterocycles. The number of aliphatic carboxylic acids is 1. The van der Waals surface area contributed by atoms with E-state index < -0.39 is 11.9 Å². The van der Waals surface area contributed by atoms with Gasteiger partial charge >= 0.3 is 5.97 Å². The van der Waals surface area contributed by atoms with E-state index in [1.165, 1.54) is 18.6 Å². The molecule has 2 fully saturated rings. The van der Waals surface area contributed by atoms with E-state index >= 15 is 0 Å². The molecule has 4 nitrogen and oxygen atoms in total. The van der Waals surface area contributed by atoms with Crippen LogP contribution in [0.3, 0.4) is 0 Å². The van der Waals surface area contributed by atoms with E-state index in [0.717, 1.165) is 25.7 Å². The number of carbonyl (C=O) groups is 2. The van der Waals surface area contributed by atoms with Crippen LogP contribution >= 0.6 is 11.8 Å². The molecule has 2 N–H and O–H groups in total. The van der Waals surface area contributed by atoms with Gasteiger partial charge in [-0.05, 0) is 31.4 Å². The van der Waals surface area contributed by atoms with Gasteiger partial charge in [0, 0.05) is 11.8 Å². The minimum absolute atomic E-state index is 0.0433. The number of hydrogen-bond donors (Lipinski definition) is 2. The lowest BCUT2D eigenvalue weighted by Gasteiger charge is -2.28. The Bertz CT molecular complexity index is 329. The Morgan fingerprint density at radius 1 is 1.05 bits per heavy atom. The minimum atomic E-state index is -0.813. The predicted octanol–water partition coefficient (Wildman–Crippen LogP) is 2.28. The first-order chi connectivity index (χ1) is 9.18. The van der Waals surface area contributed by atoms with Crippen LogP contribution in [-0.2, 0) is 9.59 Å². The maximum absolute atomic E-state index is 12.2. The summed E-state index contributed by atoms with van der Waals surface area (Å²) in [4.78, 5) is 23.4. The Labute approximate surface area is 118 Å². The normalized spacial score (nSPS) is 31.7. The van der Waals surface area contributed by atoms with Crippen molar-refractivity contribution in [2.45, 2.75) is 50.2 Å². The Kier molecular flexibility index (Phi) is 5.55. The van der Waals surface area contributed by atoms with Gasteiger partial charge in [-0.3, -0.25) is 9.59 Å². The summed E-state index contributed by atoms with van der Waals surface area (Å²) in [6, 6.07) is 0. The van der Waals surface area contributed by atoms with Crippen LogP contribution in [0.1, 0.15) is 44.9 Å². The summed E-state index contributed by atoms with van der Waals surface area (Å²) < 4.78 is 0. The van der Waals surface area contributed by atoms with Gasteiger partial charge < -0.3 is 10.4 Å². The number of nitrogens with one attached hydrogen (secondary N) is 1. The summed E-state index contributed by atoms with van der Waals surface area (Å²) in [5, 5.41) is 12.7. The topological polar surface area (TPSA) is 66.4 Å². The molecule has 0 aromatic heterocycles. The molecular weight excluding hydrogens is 262 g/mol. The highest BCUT2D eigenvalue weighted by molar-refractivity contribution is 7.99. The van der Waals surface area contributed by atoms with Crippen molar-refractivity contribution < 1.29 is 14.7 Å². The Morgan fingerprint density at radius 2 is 1.74 bits per heavy atom. The average Bonchev–Trinajstić information content (AvgIpc) is 2.46. The SMILES string of the molecule is O=C(O)[C@H]1CCCC[C@H]1C(=O)NCC1CCCCS1. The average molecular weight is 285 g/mol. The highest BCUT2D eigenvalue weighted by Crippen LogP contribution is 2.31. The molecule has 3 atom stereocenters. The van der Waals surface area contributed by atoms with Gasteiger partial charge in [-0.1, -0.05) is 19.3 Å². The first kappa shape index (κ1) is 14.7. The maximum Gasteiger partial charge on any atom is 0.307 e. The van der Waals surface area contributed by atoms with Crippen LogP contribution in [0.25, 0.3) is 0 Å². The third-order valence-corrected chi connectivity index (χ3v) is 5.60. The molecular formula is C14H23NO3S. The zero-order valence-corrected chi connectivity index (χ0v) is 12.1. The number of rotatable bonds is 4. The third-order valence-electron chi connectivity index (χ3n) is 4.20. The van der Waals surface area contributed by atoms with E-state index in [9.17, 15) is 14.7 Å². The zero-order chi connectivity index (χ0) is 13.7.